The van der Waals surface area contributed by atoms with E-state index in [4.69, 9.17) is 27.9 Å². The Hall–Kier alpha value is -1.98. The molecule has 1 amide bonds. The Morgan fingerprint density at radius 3 is 2.92 bits per heavy atom. The van der Waals surface area contributed by atoms with Gasteiger partial charge in [0.05, 0.1) is 17.3 Å². The molecule has 2 heterocycles. The first-order chi connectivity index (χ1) is 12.5. The Balaban J connectivity index is 1.68. The number of ether oxygens (including phenoxy) is 1. The summed E-state index contributed by atoms with van der Waals surface area (Å²) in [7, 11) is 0. The number of likely N-dealkylation sites (tertiary alicyclic amines) is 1. The summed E-state index contributed by atoms with van der Waals surface area (Å²) >= 11 is 12.0. The van der Waals surface area contributed by atoms with E-state index in [-0.39, 0.29) is 18.3 Å². The summed E-state index contributed by atoms with van der Waals surface area (Å²) in [6.07, 6.45) is 4.78. The molecule has 0 radical (unpaired) electrons. The van der Waals surface area contributed by atoms with Crippen LogP contribution in [-0.4, -0.2) is 34.9 Å². The van der Waals surface area contributed by atoms with Gasteiger partial charge in [-0.2, -0.15) is 0 Å². The highest BCUT2D eigenvalue weighted by Gasteiger charge is 2.23. The Kier molecular flexibility index (Phi) is 6.22. The van der Waals surface area contributed by atoms with E-state index in [1.807, 2.05) is 23.1 Å². The number of rotatable bonds is 5. The van der Waals surface area contributed by atoms with Gasteiger partial charge in [0.1, 0.15) is 5.02 Å². The number of piperidine rings is 1. The molecular weight excluding hydrogens is 373 g/mol. The second-order valence-electron chi connectivity index (χ2n) is 6.32. The number of hydrogen-bond donors (Lipinski definition) is 1. The molecule has 1 N–H and O–H groups in total. The average molecular weight is 394 g/mol. The van der Waals surface area contributed by atoms with Gasteiger partial charge >= 0.3 is 0 Å². The van der Waals surface area contributed by atoms with Gasteiger partial charge in [0.15, 0.2) is 5.75 Å². The molecule has 1 aliphatic rings. The van der Waals surface area contributed by atoms with Crippen LogP contribution in [0.2, 0.25) is 10.0 Å². The van der Waals surface area contributed by atoms with Crippen molar-refractivity contribution in [2.24, 2.45) is 0 Å². The van der Waals surface area contributed by atoms with Gasteiger partial charge in [0.2, 0.25) is 11.8 Å². The van der Waals surface area contributed by atoms with Crippen LogP contribution in [0.4, 0.5) is 5.69 Å². The van der Waals surface area contributed by atoms with Crippen LogP contribution in [0.5, 0.6) is 11.6 Å². The number of nitrogens with zero attached hydrogens (tertiary/aromatic N) is 2. The lowest BCUT2D eigenvalue weighted by atomic mass is 10.0. The van der Waals surface area contributed by atoms with Crippen molar-refractivity contribution < 1.29 is 9.53 Å². The van der Waals surface area contributed by atoms with Crippen molar-refractivity contribution in [1.82, 2.24) is 9.88 Å². The van der Waals surface area contributed by atoms with Gasteiger partial charge in [-0.1, -0.05) is 35.3 Å². The normalized spacial score (nSPS) is 17.0. The first-order valence-corrected chi connectivity index (χ1v) is 9.41. The van der Waals surface area contributed by atoms with Crippen molar-refractivity contribution in [1.29, 1.82) is 0 Å². The molecular formula is C19H21Cl2N3O2. The highest BCUT2D eigenvalue weighted by atomic mass is 35.5. The fourth-order valence-electron chi connectivity index (χ4n) is 3.02. The fraction of sp³-hybridized carbons (Fsp3) is 0.368. The molecule has 0 spiro atoms. The number of halogens is 2. The van der Waals surface area contributed by atoms with Gasteiger partial charge in [-0.3, -0.25) is 4.79 Å². The van der Waals surface area contributed by atoms with Crippen molar-refractivity contribution in [3.8, 4) is 11.6 Å². The van der Waals surface area contributed by atoms with Crippen LogP contribution in [0.3, 0.4) is 0 Å². The molecule has 5 nitrogen and oxygen atoms in total. The predicted octanol–water partition coefficient (Wildman–Crippen LogP) is 4.99. The van der Waals surface area contributed by atoms with Crippen molar-refractivity contribution in [3.05, 3.63) is 46.6 Å². The summed E-state index contributed by atoms with van der Waals surface area (Å²) in [5.41, 5.74) is 0.707. The molecule has 0 aliphatic carbocycles. The van der Waals surface area contributed by atoms with Crippen LogP contribution < -0.4 is 10.1 Å². The summed E-state index contributed by atoms with van der Waals surface area (Å²) in [4.78, 5) is 18.6. The van der Waals surface area contributed by atoms with Crippen molar-refractivity contribution in [2.75, 3.05) is 18.4 Å². The molecule has 1 aromatic heterocycles. The van der Waals surface area contributed by atoms with Crippen LogP contribution in [0, 0.1) is 0 Å². The van der Waals surface area contributed by atoms with Crippen molar-refractivity contribution in [3.63, 3.8) is 0 Å². The fourth-order valence-corrected chi connectivity index (χ4v) is 3.44. The highest BCUT2D eigenvalue weighted by molar-refractivity contribution is 6.35. The number of pyridine rings is 1. The molecule has 2 aromatic rings. The van der Waals surface area contributed by atoms with Crippen LogP contribution in [0.15, 0.2) is 36.5 Å². The molecule has 1 atom stereocenters. The largest absolute Gasteiger partial charge is 0.435 e. The minimum atomic E-state index is 0.0923. The molecule has 1 aromatic carbocycles. The molecule has 0 saturated carbocycles. The van der Waals surface area contributed by atoms with Gasteiger partial charge in [0.25, 0.3) is 0 Å². The predicted molar refractivity (Wildman–Crippen MR) is 104 cm³/mol. The number of amides is 1. The maximum absolute atomic E-state index is 12.5. The monoisotopic (exact) mass is 393 g/mol. The van der Waals surface area contributed by atoms with Crippen LogP contribution >= 0.6 is 23.2 Å². The van der Waals surface area contributed by atoms with E-state index in [1.165, 1.54) is 12.6 Å². The minimum Gasteiger partial charge on any atom is -0.435 e. The van der Waals surface area contributed by atoms with Crippen LogP contribution in [0.25, 0.3) is 0 Å². The molecule has 1 aliphatic heterocycles. The van der Waals surface area contributed by atoms with Gasteiger partial charge < -0.3 is 15.0 Å². The Morgan fingerprint density at radius 2 is 2.15 bits per heavy atom. The van der Waals surface area contributed by atoms with Gasteiger partial charge in [-0.25, -0.2) is 4.98 Å². The summed E-state index contributed by atoms with van der Waals surface area (Å²) in [6.45, 7) is 3.14. The first-order valence-electron chi connectivity index (χ1n) is 8.66. The van der Waals surface area contributed by atoms with E-state index in [0.29, 0.717) is 27.5 Å². The molecule has 26 heavy (non-hydrogen) atoms. The molecule has 1 unspecified atom stereocenters. The summed E-state index contributed by atoms with van der Waals surface area (Å²) in [6, 6.07) is 9.23. The Labute approximate surface area is 163 Å². The second-order valence-corrected chi connectivity index (χ2v) is 7.17. The molecule has 7 heteroatoms. The Morgan fingerprint density at radius 1 is 1.35 bits per heavy atom. The molecule has 3 rings (SSSR count). The molecule has 1 fully saturated rings. The third-order valence-electron chi connectivity index (χ3n) is 4.42. The van der Waals surface area contributed by atoms with E-state index < -0.39 is 0 Å². The number of anilines is 1. The average Bonchev–Trinajstić information content (AvgIpc) is 2.63. The van der Waals surface area contributed by atoms with Crippen LogP contribution in [-0.2, 0) is 4.79 Å². The van der Waals surface area contributed by atoms with Crippen molar-refractivity contribution >= 4 is 34.8 Å². The van der Waals surface area contributed by atoms with Gasteiger partial charge in [-0.05, 0) is 44.4 Å². The highest BCUT2D eigenvalue weighted by Crippen LogP contribution is 2.33. The maximum atomic E-state index is 12.5. The lowest BCUT2D eigenvalue weighted by molar-refractivity contribution is -0.132. The van der Waals surface area contributed by atoms with E-state index in [0.717, 1.165) is 19.4 Å². The number of hydrogen-bond acceptors (Lipinski definition) is 4. The zero-order valence-corrected chi connectivity index (χ0v) is 16.1. The molecule has 0 bridgehead atoms. The van der Waals surface area contributed by atoms with E-state index in [2.05, 4.69) is 17.2 Å². The van der Waals surface area contributed by atoms with E-state index >= 15 is 0 Å². The Bertz CT molecular complexity index is 785. The van der Waals surface area contributed by atoms with Crippen molar-refractivity contribution in [2.45, 2.75) is 32.2 Å². The second kappa shape index (κ2) is 8.60. The standard InChI is InChI=1S/C19H21Cl2N3O2/c1-13-6-4-5-9-24(13)18(25)12-22-16-7-2-3-8-17(16)26-19-15(21)10-14(20)11-23-19/h2-3,7-8,10-11,13,22H,4-6,9,12H2,1H3. The maximum Gasteiger partial charge on any atom is 0.242 e. The summed E-state index contributed by atoms with van der Waals surface area (Å²) in [5.74, 6) is 0.902. The van der Waals surface area contributed by atoms with Gasteiger partial charge in [-0.15, -0.1) is 0 Å². The molecule has 138 valence electrons. The number of aromatic nitrogens is 1. The first kappa shape index (κ1) is 18.8. The summed E-state index contributed by atoms with van der Waals surface area (Å²) < 4.78 is 5.81. The smallest absolute Gasteiger partial charge is 0.242 e. The number of carbonyl (C=O) groups is 1. The quantitative estimate of drug-likeness (QED) is 0.776. The van der Waals surface area contributed by atoms with E-state index in [1.54, 1.807) is 12.1 Å². The summed E-state index contributed by atoms with van der Waals surface area (Å²) in [5, 5.41) is 3.93. The topological polar surface area (TPSA) is 54.5 Å². The number of benzene rings is 1. The molecule has 1 saturated heterocycles. The number of carbonyl (C=O) groups excluding carboxylic acids is 1. The lowest BCUT2D eigenvalue weighted by Crippen LogP contribution is -2.44. The number of nitrogens with one attached hydrogen (secondary N) is 1. The minimum absolute atomic E-state index is 0.0923. The third-order valence-corrected chi connectivity index (χ3v) is 4.90. The SMILES string of the molecule is CC1CCCCN1C(=O)CNc1ccccc1Oc1ncc(Cl)cc1Cl. The zero-order chi connectivity index (χ0) is 18.5. The van der Waals surface area contributed by atoms with Gasteiger partial charge in [0, 0.05) is 18.8 Å². The third kappa shape index (κ3) is 4.59. The van der Waals surface area contributed by atoms with E-state index in [9.17, 15) is 4.79 Å². The number of para-hydroxylation sites is 2. The lowest BCUT2D eigenvalue weighted by Gasteiger charge is -2.33. The van der Waals surface area contributed by atoms with Crippen LogP contribution in [0.1, 0.15) is 26.2 Å². The zero-order valence-electron chi connectivity index (χ0n) is 14.5.